The fraction of sp³-hybridized carbons (Fsp3) is 0.148. The first-order chi connectivity index (χ1) is 16.5. The molecular formula is C27H23BrN4OS. The van der Waals surface area contributed by atoms with Gasteiger partial charge in [-0.3, -0.25) is 4.79 Å². The van der Waals surface area contributed by atoms with Crippen molar-refractivity contribution in [2.75, 3.05) is 19.0 Å². The molecule has 2 aliphatic rings. The van der Waals surface area contributed by atoms with Crippen molar-refractivity contribution in [1.29, 1.82) is 0 Å². The van der Waals surface area contributed by atoms with E-state index in [0.29, 0.717) is 5.84 Å². The van der Waals surface area contributed by atoms with Crippen molar-refractivity contribution in [2.45, 2.75) is 12.5 Å². The zero-order valence-electron chi connectivity index (χ0n) is 18.9. The number of hydrogen-bond donors (Lipinski definition) is 0. The number of anilines is 1. The second-order valence-electron chi connectivity index (χ2n) is 8.33. The van der Waals surface area contributed by atoms with E-state index in [2.05, 4.69) is 62.2 Å². The van der Waals surface area contributed by atoms with Crippen LogP contribution in [0.15, 0.2) is 98.3 Å². The van der Waals surface area contributed by atoms with Crippen LogP contribution in [0.2, 0.25) is 0 Å². The lowest BCUT2D eigenvalue weighted by Gasteiger charge is -2.24. The normalized spacial score (nSPS) is 18.9. The number of hydrogen-bond acceptors (Lipinski definition) is 5. The molecule has 0 fully saturated rings. The molecule has 1 amide bonds. The molecule has 5 nitrogen and oxygen atoms in total. The molecule has 0 radical (unpaired) electrons. The van der Waals surface area contributed by atoms with Crippen molar-refractivity contribution in [1.82, 2.24) is 5.01 Å². The topological polar surface area (TPSA) is 48.3 Å². The number of rotatable bonds is 4. The van der Waals surface area contributed by atoms with Gasteiger partial charge < -0.3 is 4.90 Å². The fourth-order valence-corrected chi connectivity index (χ4v) is 5.24. The maximum absolute atomic E-state index is 12.4. The Morgan fingerprint density at radius 1 is 1.03 bits per heavy atom. The molecule has 1 atom stereocenters. The summed E-state index contributed by atoms with van der Waals surface area (Å²) in [4.78, 5) is 19.7. The second kappa shape index (κ2) is 9.60. The molecule has 34 heavy (non-hydrogen) atoms. The Bertz CT molecular complexity index is 1320. The van der Waals surface area contributed by atoms with Crippen molar-refractivity contribution in [2.24, 2.45) is 10.1 Å². The zero-order valence-corrected chi connectivity index (χ0v) is 21.3. The lowest BCUT2D eigenvalue weighted by atomic mass is 9.98. The molecule has 3 aromatic carbocycles. The van der Waals surface area contributed by atoms with Gasteiger partial charge in [-0.1, -0.05) is 70.5 Å². The Kier molecular flexibility index (Phi) is 6.39. The van der Waals surface area contributed by atoms with Gasteiger partial charge in [-0.15, -0.1) is 0 Å². The summed E-state index contributed by atoms with van der Waals surface area (Å²) in [7, 11) is 4.06. The smallest absolute Gasteiger partial charge is 0.311 e. The molecule has 0 N–H and O–H groups in total. The minimum atomic E-state index is -0.221. The lowest BCUT2D eigenvalue weighted by Crippen LogP contribution is -2.26. The predicted octanol–water partition coefficient (Wildman–Crippen LogP) is 6.97. The van der Waals surface area contributed by atoms with Gasteiger partial charge in [0.15, 0.2) is 5.84 Å². The predicted molar refractivity (Wildman–Crippen MR) is 145 cm³/mol. The van der Waals surface area contributed by atoms with Crippen molar-refractivity contribution in [3.63, 3.8) is 0 Å². The molecule has 0 aromatic heterocycles. The summed E-state index contributed by atoms with van der Waals surface area (Å²) >= 11 is 4.67. The van der Waals surface area contributed by atoms with Crippen LogP contribution in [0.3, 0.4) is 0 Å². The van der Waals surface area contributed by atoms with Crippen molar-refractivity contribution >= 4 is 56.2 Å². The van der Waals surface area contributed by atoms with E-state index in [9.17, 15) is 4.79 Å². The van der Waals surface area contributed by atoms with Gasteiger partial charge in [0.25, 0.3) is 0 Å². The van der Waals surface area contributed by atoms with Crippen LogP contribution in [0.25, 0.3) is 6.08 Å². The zero-order chi connectivity index (χ0) is 23.7. The third-order valence-corrected chi connectivity index (χ3v) is 7.07. The summed E-state index contributed by atoms with van der Waals surface area (Å²) in [5, 5.41) is 6.70. The van der Waals surface area contributed by atoms with Gasteiger partial charge in [-0.25, -0.2) is 5.01 Å². The molecule has 0 spiro atoms. The number of amides is 1. The van der Waals surface area contributed by atoms with Crippen LogP contribution in [0.4, 0.5) is 10.5 Å². The summed E-state index contributed by atoms with van der Waals surface area (Å²) in [6, 6.07) is 26.6. The minimum Gasteiger partial charge on any atom is -0.378 e. The van der Waals surface area contributed by atoms with E-state index in [0.717, 1.165) is 55.6 Å². The fourth-order valence-electron chi connectivity index (χ4n) is 4.07. The molecule has 3 aromatic rings. The molecular weight excluding hydrogens is 508 g/mol. The summed E-state index contributed by atoms with van der Waals surface area (Å²) in [6.45, 7) is 0. The van der Waals surface area contributed by atoms with Crippen LogP contribution in [-0.4, -0.2) is 35.9 Å². The number of aliphatic imine (C=N–C) groups is 1. The van der Waals surface area contributed by atoms with Gasteiger partial charge in [0.05, 0.1) is 16.7 Å². The van der Waals surface area contributed by atoms with E-state index >= 15 is 0 Å². The third-order valence-electron chi connectivity index (χ3n) is 5.79. The van der Waals surface area contributed by atoms with E-state index < -0.39 is 0 Å². The van der Waals surface area contributed by atoms with Crippen LogP contribution in [0, 0.1) is 0 Å². The van der Waals surface area contributed by atoms with Crippen molar-refractivity contribution in [3.8, 4) is 0 Å². The molecule has 2 heterocycles. The van der Waals surface area contributed by atoms with Gasteiger partial charge in [0, 0.05) is 30.7 Å². The first kappa shape index (κ1) is 22.6. The molecule has 0 bridgehead atoms. The van der Waals surface area contributed by atoms with Crippen LogP contribution in [0.1, 0.15) is 29.2 Å². The van der Waals surface area contributed by atoms with Gasteiger partial charge >= 0.3 is 5.24 Å². The molecule has 1 unspecified atom stereocenters. The van der Waals surface area contributed by atoms with Gasteiger partial charge in [-0.05, 0) is 58.8 Å². The van der Waals surface area contributed by atoms with E-state index in [1.807, 2.05) is 67.6 Å². The minimum absolute atomic E-state index is 0.0532. The largest absolute Gasteiger partial charge is 0.378 e. The second-order valence-corrected chi connectivity index (χ2v) is 10.2. The first-order valence-electron chi connectivity index (χ1n) is 11.0. The number of thioether (sulfide) groups is 1. The Balaban J connectivity index is 1.56. The van der Waals surface area contributed by atoms with Crippen LogP contribution in [0.5, 0.6) is 0 Å². The Morgan fingerprint density at radius 2 is 1.79 bits per heavy atom. The Labute approximate surface area is 212 Å². The summed E-state index contributed by atoms with van der Waals surface area (Å²) < 4.78 is 0.985. The number of carbonyl (C=O) groups is 1. The summed E-state index contributed by atoms with van der Waals surface area (Å²) in [6.07, 6.45) is 2.73. The number of carbonyl (C=O) groups excluding carboxylic acids is 1. The standard InChI is InChI=1S/C27H23BrN4OS/c1-31(2)22-13-11-20(12-14-22)24-17-23(19-8-4-3-5-9-19)30-32(24)26-25(34-27(33)29-26)16-18-7-6-10-21(28)15-18/h3-16,24H,17H2,1-2H3/b25-16-. The number of hydrazone groups is 1. The highest BCUT2D eigenvalue weighted by atomic mass is 79.9. The van der Waals surface area contributed by atoms with E-state index in [-0.39, 0.29) is 11.3 Å². The van der Waals surface area contributed by atoms with Gasteiger partial charge in [-0.2, -0.15) is 10.1 Å². The highest BCUT2D eigenvalue weighted by Gasteiger charge is 2.36. The summed E-state index contributed by atoms with van der Waals surface area (Å²) in [5.74, 6) is 0.600. The number of nitrogens with zero attached hydrogens (tertiary/aromatic N) is 4. The highest BCUT2D eigenvalue weighted by molar-refractivity contribution is 9.10. The monoisotopic (exact) mass is 530 g/mol. The van der Waals surface area contributed by atoms with Gasteiger partial charge in [0.2, 0.25) is 0 Å². The van der Waals surface area contributed by atoms with Crippen molar-refractivity contribution in [3.05, 3.63) is 105 Å². The Morgan fingerprint density at radius 3 is 2.50 bits per heavy atom. The highest BCUT2D eigenvalue weighted by Crippen LogP contribution is 2.40. The maximum atomic E-state index is 12.4. The van der Waals surface area contributed by atoms with E-state index in [1.165, 1.54) is 0 Å². The van der Waals surface area contributed by atoms with Crippen LogP contribution >= 0.6 is 27.7 Å². The molecule has 0 aliphatic carbocycles. The molecule has 5 rings (SSSR count). The molecule has 2 aliphatic heterocycles. The molecule has 0 saturated carbocycles. The van der Waals surface area contributed by atoms with Crippen LogP contribution in [-0.2, 0) is 0 Å². The van der Waals surface area contributed by atoms with Gasteiger partial charge in [0.1, 0.15) is 0 Å². The number of halogens is 1. The third kappa shape index (κ3) is 4.72. The lowest BCUT2D eigenvalue weighted by molar-refractivity contribution is 0.267. The average Bonchev–Trinajstić information content (AvgIpc) is 3.43. The molecule has 0 saturated heterocycles. The van der Waals surface area contributed by atoms with E-state index in [4.69, 9.17) is 5.10 Å². The Hall–Kier alpha value is -3.16. The van der Waals surface area contributed by atoms with Crippen molar-refractivity contribution < 1.29 is 4.79 Å². The first-order valence-corrected chi connectivity index (χ1v) is 12.6. The molecule has 170 valence electrons. The summed E-state index contributed by atoms with van der Waals surface area (Å²) in [5.41, 5.74) is 5.33. The quantitative estimate of drug-likeness (QED) is 0.365. The molecule has 7 heteroatoms. The van der Waals surface area contributed by atoms with E-state index in [1.54, 1.807) is 0 Å². The average molecular weight is 531 g/mol. The maximum Gasteiger partial charge on any atom is 0.311 e. The number of benzene rings is 3. The SMILES string of the molecule is CN(C)c1ccc(C2CC(c3ccccc3)=NN2C2=NC(=O)S/C2=C\c2cccc(Br)c2)cc1. The van der Waals surface area contributed by atoms with Crippen LogP contribution < -0.4 is 4.90 Å². The number of amidine groups is 1.